The second-order valence-electron chi connectivity index (χ2n) is 5.34. The minimum atomic E-state index is -0.262. The van der Waals surface area contributed by atoms with Gasteiger partial charge in [-0.1, -0.05) is 46.3 Å². The lowest BCUT2D eigenvalue weighted by molar-refractivity contribution is 0.0245. The summed E-state index contributed by atoms with van der Waals surface area (Å²) >= 11 is 3.26. The lowest BCUT2D eigenvalue weighted by Gasteiger charge is -2.30. The summed E-state index contributed by atoms with van der Waals surface area (Å²) < 4.78 is 20.5. The summed E-state index contributed by atoms with van der Waals surface area (Å²) in [6.07, 6.45) is 1.20. The van der Waals surface area contributed by atoms with Gasteiger partial charge < -0.3 is 10.5 Å². The number of benzene rings is 2. The Labute approximate surface area is 132 Å². The topological polar surface area (TPSA) is 35.2 Å². The van der Waals surface area contributed by atoms with Crippen LogP contribution in [0, 0.1) is 5.82 Å². The fraction of sp³-hybridized carbons (Fsp3) is 0.294. The molecule has 2 N–H and O–H groups in total. The van der Waals surface area contributed by atoms with Gasteiger partial charge in [-0.3, -0.25) is 0 Å². The zero-order chi connectivity index (χ0) is 14.8. The Morgan fingerprint density at radius 2 is 2.10 bits per heavy atom. The van der Waals surface area contributed by atoms with Crippen LogP contribution in [0.3, 0.4) is 0 Å². The number of halogens is 2. The molecule has 0 radical (unpaired) electrons. The molecule has 0 fully saturated rings. The summed E-state index contributed by atoms with van der Waals surface area (Å²) in [7, 11) is 0. The lowest BCUT2D eigenvalue weighted by Crippen LogP contribution is -2.35. The summed E-state index contributed by atoms with van der Waals surface area (Å²) in [6.45, 7) is 0.665. The summed E-state index contributed by atoms with van der Waals surface area (Å²) in [5, 5.41) is 0. The van der Waals surface area contributed by atoms with E-state index in [-0.39, 0.29) is 18.0 Å². The molecule has 0 amide bonds. The van der Waals surface area contributed by atoms with E-state index in [9.17, 15) is 4.39 Å². The number of nitrogens with two attached hydrogens (primary N) is 1. The molecule has 21 heavy (non-hydrogen) atoms. The predicted octanol–water partition coefficient (Wildman–Crippen LogP) is 3.77. The minimum absolute atomic E-state index is 0.169. The first-order valence-electron chi connectivity index (χ1n) is 7.04. The summed E-state index contributed by atoms with van der Waals surface area (Å²) in [5.74, 6) is -0.232. The van der Waals surface area contributed by atoms with Crippen LogP contribution in [-0.4, -0.2) is 12.6 Å². The third kappa shape index (κ3) is 3.18. The zero-order valence-electron chi connectivity index (χ0n) is 11.6. The second kappa shape index (κ2) is 6.26. The Hall–Kier alpha value is -1.23. The van der Waals surface area contributed by atoms with Gasteiger partial charge in [0.25, 0.3) is 0 Å². The first-order valence-corrected chi connectivity index (χ1v) is 7.83. The molecular weight excluding hydrogens is 333 g/mol. The van der Waals surface area contributed by atoms with E-state index in [0.29, 0.717) is 18.6 Å². The highest BCUT2D eigenvalue weighted by Gasteiger charge is 2.27. The van der Waals surface area contributed by atoms with Crippen molar-refractivity contribution in [1.82, 2.24) is 0 Å². The molecule has 3 rings (SSSR count). The molecule has 0 aromatic heterocycles. The molecule has 2 unspecified atom stereocenters. The molecule has 110 valence electrons. The Bertz CT molecular complexity index is 646. The third-order valence-electron chi connectivity index (χ3n) is 3.89. The van der Waals surface area contributed by atoms with Crippen LogP contribution in [0.4, 0.5) is 4.39 Å². The van der Waals surface area contributed by atoms with Crippen LogP contribution in [0.5, 0.6) is 0 Å². The van der Waals surface area contributed by atoms with Gasteiger partial charge in [0.1, 0.15) is 5.82 Å². The first kappa shape index (κ1) is 14.7. The number of hydrogen-bond acceptors (Lipinski definition) is 2. The number of ether oxygens (including phenoxy) is 1. The van der Waals surface area contributed by atoms with E-state index >= 15 is 0 Å². The zero-order valence-corrected chi connectivity index (χ0v) is 13.1. The van der Waals surface area contributed by atoms with Crippen molar-refractivity contribution in [2.24, 2.45) is 5.73 Å². The Morgan fingerprint density at radius 1 is 1.29 bits per heavy atom. The van der Waals surface area contributed by atoms with Gasteiger partial charge in [0.15, 0.2) is 0 Å². The second-order valence-corrected chi connectivity index (χ2v) is 6.26. The van der Waals surface area contributed by atoms with Crippen LogP contribution in [0.2, 0.25) is 0 Å². The molecule has 0 bridgehead atoms. The molecule has 1 heterocycles. The average Bonchev–Trinajstić information content (AvgIpc) is 2.49. The fourth-order valence-corrected chi connectivity index (χ4v) is 3.16. The number of rotatable bonds is 3. The summed E-state index contributed by atoms with van der Waals surface area (Å²) in [4.78, 5) is 0. The molecule has 2 nitrogen and oxygen atoms in total. The van der Waals surface area contributed by atoms with Crippen LogP contribution in [0.25, 0.3) is 0 Å². The third-order valence-corrected chi connectivity index (χ3v) is 4.38. The van der Waals surface area contributed by atoms with E-state index < -0.39 is 0 Å². The highest BCUT2D eigenvalue weighted by molar-refractivity contribution is 9.10. The Balaban J connectivity index is 1.81. The van der Waals surface area contributed by atoms with Gasteiger partial charge in [-0.15, -0.1) is 0 Å². The SMILES string of the molecule is NC(Cc1ccc(Br)cc1F)C1OCCc2ccccc21. The van der Waals surface area contributed by atoms with Crippen molar-refractivity contribution in [3.05, 3.63) is 69.4 Å². The molecule has 4 heteroatoms. The molecule has 0 saturated heterocycles. The maximum atomic E-state index is 13.9. The van der Waals surface area contributed by atoms with Crippen LogP contribution in [-0.2, 0) is 17.6 Å². The molecular formula is C17H17BrFNO. The van der Waals surface area contributed by atoms with Crippen molar-refractivity contribution in [2.45, 2.75) is 25.0 Å². The van der Waals surface area contributed by atoms with E-state index in [1.54, 1.807) is 6.07 Å². The van der Waals surface area contributed by atoms with Gasteiger partial charge in [0, 0.05) is 10.5 Å². The number of hydrogen-bond donors (Lipinski definition) is 1. The van der Waals surface area contributed by atoms with Gasteiger partial charge in [-0.2, -0.15) is 0 Å². The highest BCUT2D eigenvalue weighted by Crippen LogP contribution is 2.30. The summed E-state index contributed by atoms with van der Waals surface area (Å²) in [5.41, 5.74) is 9.33. The van der Waals surface area contributed by atoms with Gasteiger partial charge in [-0.05, 0) is 41.7 Å². The Morgan fingerprint density at radius 3 is 2.90 bits per heavy atom. The lowest BCUT2D eigenvalue weighted by atomic mass is 9.90. The largest absolute Gasteiger partial charge is 0.372 e. The van der Waals surface area contributed by atoms with Gasteiger partial charge in [0.2, 0.25) is 0 Å². The number of fused-ring (bicyclic) bond motifs is 1. The van der Waals surface area contributed by atoms with Crippen molar-refractivity contribution in [2.75, 3.05) is 6.61 Å². The van der Waals surface area contributed by atoms with Gasteiger partial charge in [-0.25, -0.2) is 4.39 Å². The maximum absolute atomic E-state index is 13.9. The van der Waals surface area contributed by atoms with Crippen molar-refractivity contribution in [1.29, 1.82) is 0 Å². The van der Waals surface area contributed by atoms with Crippen LogP contribution in [0.15, 0.2) is 46.9 Å². The van der Waals surface area contributed by atoms with E-state index in [4.69, 9.17) is 10.5 Å². The van der Waals surface area contributed by atoms with E-state index in [1.165, 1.54) is 11.6 Å². The standard InChI is InChI=1S/C17H17BrFNO/c18-13-6-5-12(15(19)10-13)9-16(20)17-14-4-2-1-3-11(14)7-8-21-17/h1-6,10,16-17H,7-9,20H2. The van der Waals surface area contributed by atoms with Crippen LogP contribution >= 0.6 is 15.9 Å². The van der Waals surface area contributed by atoms with Crippen molar-refractivity contribution >= 4 is 15.9 Å². The minimum Gasteiger partial charge on any atom is -0.372 e. The summed E-state index contributed by atoms with van der Waals surface area (Å²) in [6, 6.07) is 13.0. The molecule has 1 aliphatic rings. The predicted molar refractivity (Wildman–Crippen MR) is 84.6 cm³/mol. The van der Waals surface area contributed by atoms with Crippen molar-refractivity contribution < 1.29 is 9.13 Å². The molecule has 2 aromatic carbocycles. The molecule has 2 atom stereocenters. The Kier molecular flexibility index (Phi) is 4.38. The van der Waals surface area contributed by atoms with E-state index in [1.807, 2.05) is 18.2 Å². The monoisotopic (exact) mass is 349 g/mol. The van der Waals surface area contributed by atoms with Crippen molar-refractivity contribution in [3.63, 3.8) is 0 Å². The molecule has 2 aromatic rings. The quantitative estimate of drug-likeness (QED) is 0.915. The molecule has 0 saturated carbocycles. The first-order chi connectivity index (χ1) is 10.1. The average molecular weight is 350 g/mol. The smallest absolute Gasteiger partial charge is 0.127 e. The normalized spacial score (nSPS) is 19.1. The van der Waals surface area contributed by atoms with Crippen molar-refractivity contribution in [3.8, 4) is 0 Å². The van der Waals surface area contributed by atoms with Gasteiger partial charge >= 0.3 is 0 Å². The molecule has 1 aliphatic heterocycles. The molecule has 0 spiro atoms. The molecule has 0 aliphatic carbocycles. The van der Waals surface area contributed by atoms with E-state index in [2.05, 4.69) is 28.1 Å². The van der Waals surface area contributed by atoms with Crippen LogP contribution in [0.1, 0.15) is 22.8 Å². The van der Waals surface area contributed by atoms with Gasteiger partial charge in [0.05, 0.1) is 12.7 Å². The fourth-order valence-electron chi connectivity index (χ4n) is 2.83. The van der Waals surface area contributed by atoms with Crippen LogP contribution < -0.4 is 5.73 Å². The van der Waals surface area contributed by atoms with E-state index in [0.717, 1.165) is 16.5 Å². The maximum Gasteiger partial charge on any atom is 0.127 e. The highest BCUT2D eigenvalue weighted by atomic mass is 79.9.